The Hall–Kier alpha value is -1.86. The number of nitrogens with one attached hydrogen (secondary N) is 2. The van der Waals surface area contributed by atoms with Crippen LogP contribution >= 0.6 is 11.8 Å². The van der Waals surface area contributed by atoms with Crippen molar-refractivity contribution in [3.05, 3.63) is 34.6 Å². The Balaban J connectivity index is 2.23. The second-order valence-corrected chi connectivity index (χ2v) is 8.96. The zero-order valence-corrected chi connectivity index (χ0v) is 18.5. The molecule has 2 aromatic rings. The summed E-state index contributed by atoms with van der Waals surface area (Å²) < 4.78 is 1.74. The molecule has 28 heavy (non-hydrogen) atoms. The fourth-order valence-electron chi connectivity index (χ4n) is 3.13. The summed E-state index contributed by atoms with van der Waals surface area (Å²) in [6.45, 7) is 14.0. The molecule has 0 saturated heterocycles. The number of benzene rings is 1. The van der Waals surface area contributed by atoms with Gasteiger partial charge in [0, 0.05) is 18.5 Å². The molecule has 0 radical (unpaired) electrons. The van der Waals surface area contributed by atoms with Gasteiger partial charge < -0.3 is 10.2 Å². The lowest BCUT2D eigenvalue weighted by Gasteiger charge is -2.20. The molecule has 0 atom stereocenters. The van der Waals surface area contributed by atoms with Crippen LogP contribution in [0.2, 0.25) is 0 Å². The highest BCUT2D eigenvalue weighted by molar-refractivity contribution is 7.99. The molecule has 2 N–H and O–H groups in total. The van der Waals surface area contributed by atoms with E-state index in [1.165, 1.54) is 16.7 Å². The second kappa shape index (κ2) is 10.1. The van der Waals surface area contributed by atoms with Crippen LogP contribution in [-0.2, 0) is 11.3 Å². The minimum Gasteiger partial charge on any atom is -0.351 e. The number of quaternary nitrogens is 1. The van der Waals surface area contributed by atoms with Gasteiger partial charge in [-0.1, -0.05) is 23.9 Å². The molecule has 6 nitrogen and oxygen atoms in total. The number of fused-ring (bicyclic) bond motifs is 1. The Kier molecular flexibility index (Phi) is 8.07. The molecule has 2 rings (SSSR count). The van der Waals surface area contributed by atoms with Gasteiger partial charge in [0.25, 0.3) is 5.56 Å². The summed E-state index contributed by atoms with van der Waals surface area (Å²) in [5.74, 6) is 0.183. The van der Waals surface area contributed by atoms with E-state index >= 15 is 0 Å². The SMILES string of the molecule is CC[NH+](CC)CCCn1c(SCC(=O)NC(C)(C)C)nc2ccccc2c1=O. The maximum atomic E-state index is 13.0. The maximum absolute atomic E-state index is 13.0. The zero-order chi connectivity index (χ0) is 20.7. The van der Waals surface area contributed by atoms with E-state index in [1.54, 1.807) is 4.57 Å². The lowest BCUT2D eigenvalue weighted by atomic mass is 10.1. The van der Waals surface area contributed by atoms with Crippen LogP contribution in [0.3, 0.4) is 0 Å². The van der Waals surface area contributed by atoms with E-state index in [1.807, 2.05) is 45.0 Å². The number of hydrogen-bond acceptors (Lipinski definition) is 4. The minimum atomic E-state index is -0.277. The van der Waals surface area contributed by atoms with Crippen LogP contribution in [0.25, 0.3) is 10.9 Å². The lowest BCUT2D eigenvalue weighted by Crippen LogP contribution is -3.11. The number of rotatable bonds is 9. The highest BCUT2D eigenvalue weighted by Crippen LogP contribution is 2.18. The monoisotopic (exact) mass is 405 g/mol. The first-order valence-electron chi connectivity index (χ1n) is 10.0. The molecule has 0 unspecified atom stereocenters. The summed E-state index contributed by atoms with van der Waals surface area (Å²) in [5, 5.41) is 4.20. The quantitative estimate of drug-likeness (QED) is 0.492. The minimum absolute atomic E-state index is 0.0288. The number of carbonyl (C=O) groups is 1. The van der Waals surface area contributed by atoms with Gasteiger partial charge in [0.2, 0.25) is 5.91 Å². The van der Waals surface area contributed by atoms with Gasteiger partial charge in [-0.2, -0.15) is 0 Å². The van der Waals surface area contributed by atoms with E-state index in [0.29, 0.717) is 22.6 Å². The van der Waals surface area contributed by atoms with Crippen LogP contribution in [0.1, 0.15) is 41.0 Å². The van der Waals surface area contributed by atoms with Gasteiger partial charge in [-0.15, -0.1) is 0 Å². The topological polar surface area (TPSA) is 68.4 Å². The Morgan fingerprint density at radius 2 is 1.89 bits per heavy atom. The van der Waals surface area contributed by atoms with E-state index in [-0.39, 0.29) is 22.8 Å². The number of para-hydroxylation sites is 1. The zero-order valence-electron chi connectivity index (χ0n) is 17.7. The Morgan fingerprint density at radius 3 is 2.54 bits per heavy atom. The maximum Gasteiger partial charge on any atom is 0.262 e. The molecular formula is C21H33N4O2S+. The predicted octanol–water partition coefficient (Wildman–Crippen LogP) is 1.72. The molecule has 0 bridgehead atoms. The van der Waals surface area contributed by atoms with Crippen LogP contribution < -0.4 is 15.8 Å². The number of hydrogen-bond donors (Lipinski definition) is 2. The van der Waals surface area contributed by atoms with Crippen LogP contribution in [-0.4, -0.2) is 46.4 Å². The first-order chi connectivity index (χ1) is 13.2. The molecule has 154 valence electrons. The van der Waals surface area contributed by atoms with Crippen molar-refractivity contribution in [2.24, 2.45) is 0 Å². The first-order valence-corrected chi connectivity index (χ1v) is 11.0. The van der Waals surface area contributed by atoms with Crippen LogP contribution in [0.4, 0.5) is 0 Å². The average Bonchev–Trinajstić information content (AvgIpc) is 2.64. The Morgan fingerprint density at radius 1 is 1.21 bits per heavy atom. The fourth-order valence-corrected chi connectivity index (χ4v) is 3.96. The Bertz CT molecular complexity index is 854. The number of carbonyl (C=O) groups excluding carboxylic acids is 1. The molecule has 0 fully saturated rings. The summed E-state index contributed by atoms with van der Waals surface area (Å²) in [6, 6.07) is 7.40. The lowest BCUT2D eigenvalue weighted by molar-refractivity contribution is -0.896. The molecule has 0 aliphatic carbocycles. The predicted molar refractivity (Wildman–Crippen MR) is 116 cm³/mol. The smallest absolute Gasteiger partial charge is 0.262 e. The number of thioether (sulfide) groups is 1. The van der Waals surface area contributed by atoms with Crippen LogP contribution in [0.15, 0.2) is 34.2 Å². The third-order valence-electron chi connectivity index (χ3n) is 4.59. The summed E-state index contributed by atoms with van der Waals surface area (Å²) in [5.41, 5.74) is 0.372. The van der Waals surface area contributed by atoms with Crippen molar-refractivity contribution in [3.8, 4) is 0 Å². The molecule has 1 aromatic heterocycles. The number of aromatic nitrogens is 2. The Labute approximate surface area is 171 Å². The van der Waals surface area contributed by atoms with Gasteiger partial charge in [-0.3, -0.25) is 14.2 Å². The van der Waals surface area contributed by atoms with E-state index in [0.717, 1.165) is 26.1 Å². The molecule has 1 aromatic carbocycles. The van der Waals surface area contributed by atoms with E-state index in [4.69, 9.17) is 0 Å². The molecule has 0 aliphatic heterocycles. The van der Waals surface area contributed by atoms with E-state index in [2.05, 4.69) is 24.1 Å². The first kappa shape index (κ1) is 22.4. The summed E-state index contributed by atoms with van der Waals surface area (Å²) in [4.78, 5) is 31.5. The summed E-state index contributed by atoms with van der Waals surface area (Å²) in [7, 11) is 0. The van der Waals surface area contributed by atoms with Crippen LogP contribution in [0.5, 0.6) is 0 Å². The average molecular weight is 406 g/mol. The molecule has 1 amide bonds. The van der Waals surface area contributed by atoms with Crippen molar-refractivity contribution in [2.75, 3.05) is 25.4 Å². The second-order valence-electron chi connectivity index (χ2n) is 8.02. The van der Waals surface area contributed by atoms with Crippen molar-refractivity contribution in [2.45, 2.75) is 58.3 Å². The molecule has 0 saturated carbocycles. The van der Waals surface area contributed by atoms with Crippen LogP contribution in [0, 0.1) is 0 Å². The van der Waals surface area contributed by atoms with Gasteiger partial charge in [-0.25, -0.2) is 4.98 Å². The van der Waals surface area contributed by atoms with Gasteiger partial charge >= 0.3 is 0 Å². The van der Waals surface area contributed by atoms with Gasteiger partial charge in [-0.05, 0) is 46.8 Å². The third kappa shape index (κ3) is 6.34. The molecule has 0 spiro atoms. The molecule has 1 heterocycles. The molecule has 7 heteroatoms. The van der Waals surface area contributed by atoms with Gasteiger partial charge in [0.05, 0.1) is 36.3 Å². The van der Waals surface area contributed by atoms with Gasteiger partial charge in [0.1, 0.15) is 0 Å². The fraction of sp³-hybridized carbons (Fsp3) is 0.571. The van der Waals surface area contributed by atoms with Crippen molar-refractivity contribution >= 4 is 28.6 Å². The van der Waals surface area contributed by atoms with E-state index in [9.17, 15) is 9.59 Å². The molecular weight excluding hydrogens is 372 g/mol. The highest BCUT2D eigenvalue weighted by atomic mass is 32.2. The number of nitrogens with zero attached hydrogens (tertiary/aromatic N) is 2. The van der Waals surface area contributed by atoms with Crippen molar-refractivity contribution in [1.29, 1.82) is 0 Å². The van der Waals surface area contributed by atoms with Gasteiger partial charge in [0.15, 0.2) is 5.16 Å². The largest absolute Gasteiger partial charge is 0.351 e. The number of amides is 1. The van der Waals surface area contributed by atoms with E-state index < -0.39 is 0 Å². The van der Waals surface area contributed by atoms with Crippen molar-refractivity contribution in [3.63, 3.8) is 0 Å². The van der Waals surface area contributed by atoms with Crippen molar-refractivity contribution < 1.29 is 9.69 Å². The highest BCUT2D eigenvalue weighted by Gasteiger charge is 2.17. The summed E-state index contributed by atoms with van der Waals surface area (Å²) >= 11 is 1.33. The third-order valence-corrected chi connectivity index (χ3v) is 5.56. The normalized spacial score (nSPS) is 11.9. The summed E-state index contributed by atoms with van der Waals surface area (Å²) in [6.07, 6.45) is 0.901. The molecule has 0 aliphatic rings. The standard InChI is InChI=1S/C21H32N4O2S/c1-6-24(7-2)13-10-14-25-19(27)16-11-8-9-12-17(16)22-20(25)28-15-18(26)23-21(3,4)5/h8-9,11-12H,6-7,10,13-15H2,1-5H3,(H,23,26)/p+1. The van der Waals surface area contributed by atoms with Crippen molar-refractivity contribution in [1.82, 2.24) is 14.9 Å².